The summed E-state index contributed by atoms with van der Waals surface area (Å²) in [5.41, 5.74) is 1.69. The first kappa shape index (κ1) is 14.2. The molecule has 0 aliphatic carbocycles. The van der Waals surface area contributed by atoms with Crippen LogP contribution in [-0.2, 0) is 11.2 Å². The number of carboxylic acids is 1. The van der Waals surface area contributed by atoms with E-state index in [2.05, 4.69) is 5.32 Å². The van der Waals surface area contributed by atoms with Gasteiger partial charge >= 0.3 is 5.97 Å². The van der Waals surface area contributed by atoms with Gasteiger partial charge in [0.1, 0.15) is 11.9 Å². The summed E-state index contributed by atoms with van der Waals surface area (Å²) >= 11 is 0. The van der Waals surface area contributed by atoms with Gasteiger partial charge in [-0.15, -0.1) is 0 Å². The third-order valence-corrected chi connectivity index (χ3v) is 3.06. The standard InChI is InChI=1S/C16H16FNO2/c17-14-8-6-13(7-9-14)15(16(19)20)18-11-10-12-4-2-1-3-5-12/h1-9,15,18H,10-11H2,(H,19,20). The van der Waals surface area contributed by atoms with Crippen LogP contribution in [0, 0.1) is 5.82 Å². The molecule has 4 heteroatoms. The lowest BCUT2D eigenvalue weighted by atomic mass is 10.1. The van der Waals surface area contributed by atoms with E-state index in [0.29, 0.717) is 12.1 Å². The van der Waals surface area contributed by atoms with Gasteiger partial charge in [0.15, 0.2) is 0 Å². The van der Waals surface area contributed by atoms with E-state index in [1.165, 1.54) is 24.3 Å². The maximum absolute atomic E-state index is 12.9. The predicted molar refractivity (Wildman–Crippen MR) is 74.9 cm³/mol. The van der Waals surface area contributed by atoms with Crippen LogP contribution in [0.1, 0.15) is 17.2 Å². The van der Waals surface area contributed by atoms with Gasteiger partial charge in [-0.1, -0.05) is 42.5 Å². The molecule has 0 amide bonds. The van der Waals surface area contributed by atoms with Crippen LogP contribution < -0.4 is 5.32 Å². The van der Waals surface area contributed by atoms with Crippen molar-refractivity contribution in [1.29, 1.82) is 0 Å². The highest BCUT2D eigenvalue weighted by Crippen LogP contribution is 2.14. The number of halogens is 1. The van der Waals surface area contributed by atoms with Crippen molar-refractivity contribution in [2.45, 2.75) is 12.5 Å². The number of rotatable bonds is 6. The van der Waals surface area contributed by atoms with Crippen molar-refractivity contribution >= 4 is 5.97 Å². The van der Waals surface area contributed by atoms with E-state index in [-0.39, 0.29) is 5.82 Å². The Balaban J connectivity index is 1.96. The fraction of sp³-hybridized carbons (Fsp3) is 0.188. The Morgan fingerprint density at radius 1 is 1.10 bits per heavy atom. The van der Waals surface area contributed by atoms with E-state index in [1.807, 2.05) is 30.3 Å². The van der Waals surface area contributed by atoms with Crippen molar-refractivity contribution in [2.75, 3.05) is 6.54 Å². The van der Waals surface area contributed by atoms with E-state index >= 15 is 0 Å². The molecule has 0 saturated heterocycles. The average Bonchev–Trinajstić information content (AvgIpc) is 2.46. The summed E-state index contributed by atoms with van der Waals surface area (Å²) in [6.07, 6.45) is 0.742. The summed E-state index contributed by atoms with van der Waals surface area (Å²) in [5.74, 6) is -1.34. The van der Waals surface area contributed by atoms with Gasteiger partial charge in [-0.05, 0) is 29.7 Å². The molecule has 0 heterocycles. The highest BCUT2D eigenvalue weighted by atomic mass is 19.1. The Labute approximate surface area is 117 Å². The van der Waals surface area contributed by atoms with Crippen LogP contribution in [0.4, 0.5) is 4.39 Å². The quantitative estimate of drug-likeness (QED) is 0.851. The van der Waals surface area contributed by atoms with E-state index in [9.17, 15) is 14.3 Å². The van der Waals surface area contributed by atoms with Crippen LogP contribution in [-0.4, -0.2) is 17.6 Å². The number of benzene rings is 2. The average molecular weight is 273 g/mol. The minimum atomic E-state index is -0.968. The highest BCUT2D eigenvalue weighted by Gasteiger charge is 2.18. The van der Waals surface area contributed by atoms with E-state index < -0.39 is 12.0 Å². The van der Waals surface area contributed by atoms with Gasteiger partial charge < -0.3 is 10.4 Å². The zero-order chi connectivity index (χ0) is 14.4. The van der Waals surface area contributed by atoms with Crippen molar-refractivity contribution in [2.24, 2.45) is 0 Å². The van der Waals surface area contributed by atoms with E-state index in [1.54, 1.807) is 0 Å². The first-order valence-corrected chi connectivity index (χ1v) is 6.42. The summed E-state index contributed by atoms with van der Waals surface area (Å²) in [4.78, 5) is 11.3. The maximum Gasteiger partial charge on any atom is 0.325 e. The smallest absolute Gasteiger partial charge is 0.325 e. The number of hydrogen-bond donors (Lipinski definition) is 2. The van der Waals surface area contributed by atoms with Gasteiger partial charge in [-0.25, -0.2) is 4.39 Å². The predicted octanol–water partition coefficient (Wildman–Crippen LogP) is 2.78. The summed E-state index contributed by atoms with van der Waals surface area (Å²) in [6, 6.07) is 14.5. The minimum absolute atomic E-state index is 0.373. The molecule has 1 atom stereocenters. The molecule has 0 spiro atoms. The van der Waals surface area contributed by atoms with Crippen molar-refractivity contribution in [1.82, 2.24) is 5.32 Å². The first-order valence-electron chi connectivity index (χ1n) is 6.42. The van der Waals surface area contributed by atoms with Crippen LogP contribution in [0.3, 0.4) is 0 Å². The molecular formula is C16H16FNO2. The molecule has 0 bridgehead atoms. The van der Waals surface area contributed by atoms with Crippen LogP contribution in [0.25, 0.3) is 0 Å². The highest BCUT2D eigenvalue weighted by molar-refractivity contribution is 5.75. The monoisotopic (exact) mass is 273 g/mol. The lowest BCUT2D eigenvalue weighted by Crippen LogP contribution is -2.30. The third kappa shape index (κ3) is 3.90. The zero-order valence-electron chi connectivity index (χ0n) is 10.9. The van der Waals surface area contributed by atoms with Crippen LogP contribution in [0.5, 0.6) is 0 Å². The SMILES string of the molecule is O=C(O)C(NCCc1ccccc1)c1ccc(F)cc1. The second-order valence-electron chi connectivity index (χ2n) is 4.51. The van der Waals surface area contributed by atoms with Crippen LogP contribution in [0.2, 0.25) is 0 Å². The summed E-state index contributed by atoms with van der Waals surface area (Å²) < 4.78 is 12.9. The van der Waals surface area contributed by atoms with Gasteiger partial charge in [0.2, 0.25) is 0 Å². The van der Waals surface area contributed by atoms with Crippen molar-refractivity contribution < 1.29 is 14.3 Å². The molecule has 104 valence electrons. The molecule has 0 aliphatic rings. The normalized spacial score (nSPS) is 12.1. The van der Waals surface area contributed by atoms with Crippen LogP contribution >= 0.6 is 0 Å². The number of aliphatic carboxylic acids is 1. The van der Waals surface area contributed by atoms with Crippen LogP contribution in [0.15, 0.2) is 54.6 Å². The van der Waals surface area contributed by atoms with E-state index in [0.717, 1.165) is 12.0 Å². The Morgan fingerprint density at radius 2 is 1.75 bits per heavy atom. The van der Waals surface area contributed by atoms with Gasteiger partial charge in [-0.2, -0.15) is 0 Å². The molecule has 0 aromatic heterocycles. The Bertz CT molecular complexity index is 554. The molecule has 0 radical (unpaired) electrons. The minimum Gasteiger partial charge on any atom is -0.480 e. The number of nitrogens with one attached hydrogen (secondary N) is 1. The topological polar surface area (TPSA) is 49.3 Å². The maximum atomic E-state index is 12.9. The van der Waals surface area contributed by atoms with Crippen molar-refractivity contribution in [3.8, 4) is 0 Å². The van der Waals surface area contributed by atoms with Crippen molar-refractivity contribution in [3.05, 3.63) is 71.5 Å². The fourth-order valence-corrected chi connectivity index (χ4v) is 2.01. The van der Waals surface area contributed by atoms with E-state index in [4.69, 9.17) is 0 Å². The lowest BCUT2D eigenvalue weighted by molar-refractivity contribution is -0.139. The molecule has 0 fully saturated rings. The largest absolute Gasteiger partial charge is 0.480 e. The number of hydrogen-bond acceptors (Lipinski definition) is 2. The zero-order valence-corrected chi connectivity index (χ0v) is 10.9. The Kier molecular flexibility index (Phi) is 4.85. The molecule has 3 nitrogen and oxygen atoms in total. The lowest BCUT2D eigenvalue weighted by Gasteiger charge is -2.14. The number of carboxylic acid groups (broad SMARTS) is 1. The van der Waals surface area contributed by atoms with Gasteiger partial charge in [0.25, 0.3) is 0 Å². The second kappa shape index (κ2) is 6.82. The molecule has 2 aromatic carbocycles. The second-order valence-corrected chi connectivity index (χ2v) is 4.51. The molecule has 2 aromatic rings. The molecule has 20 heavy (non-hydrogen) atoms. The Hall–Kier alpha value is -2.20. The third-order valence-electron chi connectivity index (χ3n) is 3.06. The fourth-order valence-electron chi connectivity index (χ4n) is 2.01. The molecule has 2 N–H and O–H groups in total. The molecule has 0 saturated carbocycles. The van der Waals surface area contributed by atoms with Gasteiger partial charge in [0.05, 0.1) is 0 Å². The van der Waals surface area contributed by atoms with Gasteiger partial charge in [-0.3, -0.25) is 4.79 Å². The summed E-state index contributed by atoms with van der Waals surface area (Å²) in [7, 11) is 0. The van der Waals surface area contributed by atoms with Gasteiger partial charge in [0, 0.05) is 6.54 Å². The molecular weight excluding hydrogens is 257 g/mol. The molecule has 0 aliphatic heterocycles. The summed E-state index contributed by atoms with van der Waals surface area (Å²) in [5, 5.41) is 12.2. The first-order chi connectivity index (χ1) is 9.66. The molecule has 1 unspecified atom stereocenters. The molecule has 2 rings (SSSR count). The van der Waals surface area contributed by atoms with Crippen molar-refractivity contribution in [3.63, 3.8) is 0 Å². The number of carbonyl (C=O) groups is 1. The summed E-state index contributed by atoms with van der Waals surface area (Å²) in [6.45, 7) is 0.540. The Morgan fingerprint density at radius 3 is 2.35 bits per heavy atom.